The van der Waals surface area contributed by atoms with E-state index in [1.807, 2.05) is 44.4 Å². The zero-order chi connectivity index (χ0) is 29.1. The summed E-state index contributed by atoms with van der Waals surface area (Å²) in [5.41, 5.74) is 5.67. The van der Waals surface area contributed by atoms with Gasteiger partial charge in [-0.3, -0.25) is 0 Å². The fourth-order valence-corrected chi connectivity index (χ4v) is 5.64. The zero-order valence-corrected chi connectivity index (χ0v) is 25.5. The molecular formula is C33H40N4O4S. The topological polar surface area (TPSA) is 59.5 Å². The predicted molar refractivity (Wildman–Crippen MR) is 170 cm³/mol. The van der Waals surface area contributed by atoms with Crippen molar-refractivity contribution in [2.24, 2.45) is 0 Å². The highest BCUT2D eigenvalue weighted by Gasteiger charge is 2.16. The molecule has 2 heterocycles. The van der Waals surface area contributed by atoms with Crippen LogP contribution in [0, 0.1) is 0 Å². The van der Waals surface area contributed by atoms with Crippen LogP contribution in [0.2, 0.25) is 0 Å². The molecule has 5 rings (SSSR count). The molecule has 0 spiro atoms. The van der Waals surface area contributed by atoms with Crippen LogP contribution in [-0.4, -0.2) is 65.7 Å². The van der Waals surface area contributed by atoms with Gasteiger partial charge in [-0.2, -0.15) is 0 Å². The Morgan fingerprint density at radius 2 is 1.62 bits per heavy atom. The van der Waals surface area contributed by atoms with Gasteiger partial charge in [-0.15, -0.1) is 11.3 Å². The number of benzene rings is 3. The maximum absolute atomic E-state index is 5.92. The molecule has 0 unspecified atom stereocenters. The van der Waals surface area contributed by atoms with E-state index in [1.165, 1.54) is 16.8 Å². The van der Waals surface area contributed by atoms with E-state index in [9.17, 15) is 0 Å². The Morgan fingerprint density at radius 3 is 2.40 bits per heavy atom. The van der Waals surface area contributed by atoms with Crippen LogP contribution in [0.3, 0.4) is 0 Å². The van der Waals surface area contributed by atoms with Crippen molar-refractivity contribution in [3.05, 3.63) is 95.0 Å². The largest absolute Gasteiger partial charge is 0.497 e. The quantitative estimate of drug-likeness (QED) is 0.170. The van der Waals surface area contributed by atoms with Gasteiger partial charge in [-0.05, 0) is 47.5 Å². The highest BCUT2D eigenvalue weighted by Crippen LogP contribution is 2.27. The molecule has 1 saturated heterocycles. The lowest BCUT2D eigenvalue weighted by Gasteiger charge is -2.29. The Morgan fingerprint density at radius 1 is 0.881 bits per heavy atom. The second-order valence-electron chi connectivity index (χ2n) is 10.4. The summed E-state index contributed by atoms with van der Waals surface area (Å²) < 4.78 is 22.8. The van der Waals surface area contributed by atoms with E-state index in [-0.39, 0.29) is 0 Å². The minimum Gasteiger partial charge on any atom is -0.497 e. The molecule has 1 aliphatic heterocycles. The number of morpholine rings is 1. The highest BCUT2D eigenvalue weighted by molar-refractivity contribution is 7.13. The SMILES string of the molecule is COc1cccc(CN(Cc2cccc(N3CCOCC3)c2)c2nc(COCCOc3cccc(N(C)C)c3)cs2)c1. The van der Waals surface area contributed by atoms with Crippen molar-refractivity contribution in [2.75, 3.05) is 75.4 Å². The summed E-state index contributed by atoms with van der Waals surface area (Å²) in [5.74, 6) is 1.69. The van der Waals surface area contributed by atoms with Crippen molar-refractivity contribution < 1.29 is 18.9 Å². The maximum Gasteiger partial charge on any atom is 0.186 e. The van der Waals surface area contributed by atoms with Crippen LogP contribution in [0.4, 0.5) is 16.5 Å². The molecule has 9 heteroatoms. The minimum atomic E-state index is 0.442. The standard InChI is InChI=1S/C33H40N4O4S/c1-35(2)29-9-6-12-32(21-29)41-18-17-40-24-28-25-42-33(34-28)37(23-27-8-5-11-31(20-27)38-3)22-26-7-4-10-30(19-26)36-13-15-39-16-14-36/h4-12,19-21,25H,13-18,22-24H2,1-3H3. The third kappa shape index (κ3) is 8.38. The summed E-state index contributed by atoms with van der Waals surface area (Å²) in [6, 6.07) is 25.1. The molecule has 8 nitrogen and oxygen atoms in total. The monoisotopic (exact) mass is 588 g/mol. The number of rotatable bonds is 14. The smallest absolute Gasteiger partial charge is 0.186 e. The Balaban J connectivity index is 1.22. The second-order valence-corrected chi connectivity index (χ2v) is 11.2. The van der Waals surface area contributed by atoms with Gasteiger partial charge >= 0.3 is 0 Å². The van der Waals surface area contributed by atoms with Crippen molar-refractivity contribution in [2.45, 2.75) is 19.7 Å². The van der Waals surface area contributed by atoms with E-state index in [1.54, 1.807) is 18.4 Å². The van der Waals surface area contributed by atoms with E-state index in [2.05, 4.69) is 62.5 Å². The van der Waals surface area contributed by atoms with Gasteiger partial charge in [0.2, 0.25) is 0 Å². The van der Waals surface area contributed by atoms with Gasteiger partial charge in [-0.25, -0.2) is 4.98 Å². The average Bonchev–Trinajstić information content (AvgIpc) is 3.50. The number of methoxy groups -OCH3 is 1. The number of ether oxygens (including phenoxy) is 4. The van der Waals surface area contributed by atoms with Crippen LogP contribution in [0.5, 0.6) is 11.5 Å². The predicted octanol–water partition coefficient (Wildman–Crippen LogP) is 5.86. The lowest BCUT2D eigenvalue weighted by Crippen LogP contribution is -2.36. The Labute approximate surface area is 253 Å². The number of hydrogen-bond acceptors (Lipinski definition) is 9. The molecular weight excluding hydrogens is 548 g/mol. The first-order chi connectivity index (χ1) is 20.6. The first-order valence-electron chi connectivity index (χ1n) is 14.3. The number of nitrogens with zero attached hydrogens (tertiary/aromatic N) is 4. The average molecular weight is 589 g/mol. The molecule has 0 aliphatic carbocycles. The summed E-state index contributed by atoms with van der Waals surface area (Å²) in [5, 5.41) is 3.05. The molecule has 0 saturated carbocycles. The first-order valence-corrected chi connectivity index (χ1v) is 15.2. The molecule has 1 fully saturated rings. The van der Waals surface area contributed by atoms with Crippen LogP contribution < -0.4 is 24.2 Å². The fraction of sp³-hybridized carbons (Fsp3) is 0.364. The lowest BCUT2D eigenvalue weighted by atomic mass is 10.1. The molecule has 0 N–H and O–H groups in total. The normalized spacial score (nSPS) is 13.2. The van der Waals surface area contributed by atoms with Crippen LogP contribution in [0.25, 0.3) is 0 Å². The molecule has 3 aromatic carbocycles. The van der Waals surface area contributed by atoms with E-state index in [0.717, 1.165) is 60.9 Å². The van der Waals surface area contributed by atoms with Gasteiger partial charge in [0.25, 0.3) is 0 Å². The Hall–Kier alpha value is -3.79. The van der Waals surface area contributed by atoms with Crippen molar-refractivity contribution in [3.63, 3.8) is 0 Å². The van der Waals surface area contributed by atoms with Crippen LogP contribution >= 0.6 is 11.3 Å². The van der Waals surface area contributed by atoms with Gasteiger partial charge in [0.1, 0.15) is 18.1 Å². The summed E-state index contributed by atoms with van der Waals surface area (Å²) in [7, 11) is 5.74. The van der Waals surface area contributed by atoms with Gasteiger partial charge in [0.15, 0.2) is 5.13 Å². The second kappa shape index (κ2) is 14.9. The lowest BCUT2D eigenvalue weighted by molar-refractivity contribution is 0.0873. The third-order valence-electron chi connectivity index (χ3n) is 7.06. The van der Waals surface area contributed by atoms with E-state index >= 15 is 0 Å². The van der Waals surface area contributed by atoms with Gasteiger partial charge in [0, 0.05) is 63.1 Å². The van der Waals surface area contributed by atoms with E-state index < -0.39 is 0 Å². The molecule has 0 atom stereocenters. The number of aromatic nitrogens is 1. The number of thiazole rings is 1. The van der Waals surface area contributed by atoms with Crippen molar-refractivity contribution in [1.29, 1.82) is 0 Å². The van der Waals surface area contributed by atoms with E-state index in [0.29, 0.717) is 26.4 Å². The Kier molecular flexibility index (Phi) is 10.5. The third-order valence-corrected chi connectivity index (χ3v) is 8.01. The Bertz CT molecular complexity index is 1410. The zero-order valence-electron chi connectivity index (χ0n) is 24.7. The molecule has 0 amide bonds. The first kappa shape index (κ1) is 29.7. The van der Waals surface area contributed by atoms with Crippen LogP contribution in [-0.2, 0) is 29.2 Å². The maximum atomic E-state index is 5.92. The van der Waals surface area contributed by atoms with Crippen LogP contribution in [0.15, 0.2) is 78.2 Å². The summed E-state index contributed by atoms with van der Waals surface area (Å²) >= 11 is 1.64. The minimum absolute atomic E-state index is 0.442. The highest BCUT2D eigenvalue weighted by atomic mass is 32.1. The van der Waals surface area contributed by atoms with Crippen molar-refractivity contribution in [3.8, 4) is 11.5 Å². The number of hydrogen-bond donors (Lipinski definition) is 0. The fourth-order valence-electron chi connectivity index (χ4n) is 4.83. The molecule has 1 aromatic heterocycles. The van der Waals surface area contributed by atoms with Gasteiger partial charge in [0.05, 0.1) is 39.2 Å². The van der Waals surface area contributed by atoms with Crippen molar-refractivity contribution in [1.82, 2.24) is 4.98 Å². The molecule has 0 bridgehead atoms. The molecule has 222 valence electrons. The molecule has 42 heavy (non-hydrogen) atoms. The summed E-state index contributed by atoms with van der Waals surface area (Å²) in [6.07, 6.45) is 0. The number of anilines is 3. The van der Waals surface area contributed by atoms with Crippen LogP contribution in [0.1, 0.15) is 16.8 Å². The van der Waals surface area contributed by atoms with E-state index in [4.69, 9.17) is 23.9 Å². The summed E-state index contributed by atoms with van der Waals surface area (Å²) in [6.45, 7) is 6.24. The van der Waals surface area contributed by atoms with Crippen molar-refractivity contribution >= 4 is 27.8 Å². The van der Waals surface area contributed by atoms with Gasteiger partial charge < -0.3 is 33.6 Å². The summed E-state index contributed by atoms with van der Waals surface area (Å²) in [4.78, 5) is 11.7. The molecule has 4 aromatic rings. The molecule has 0 radical (unpaired) electrons. The molecule has 1 aliphatic rings. The van der Waals surface area contributed by atoms with Gasteiger partial charge in [-0.1, -0.05) is 30.3 Å².